The molecule has 1 heterocycles. The molecule has 0 saturated carbocycles. The average Bonchev–Trinajstić information content (AvgIpc) is 2.66. The molecule has 1 aromatic heterocycles. The van der Waals surface area contributed by atoms with E-state index in [-0.39, 0.29) is 11.7 Å². The largest absolute Gasteiger partial charge is 0.497 e. The smallest absolute Gasteiger partial charge is 0.253 e. The molecule has 3 rings (SSSR count). The Hall–Kier alpha value is -3.21. The molecule has 5 heteroatoms. The second-order valence-corrected chi connectivity index (χ2v) is 5.47. The maximum Gasteiger partial charge on any atom is 0.253 e. The van der Waals surface area contributed by atoms with Crippen LogP contribution in [0, 0.1) is 5.82 Å². The molecule has 1 N–H and O–H groups in total. The fourth-order valence-corrected chi connectivity index (χ4v) is 2.37. The first-order chi connectivity index (χ1) is 12.2. The third kappa shape index (κ3) is 4.20. The summed E-state index contributed by atoms with van der Waals surface area (Å²) in [5.41, 5.74) is 2.71. The predicted octanol–water partition coefficient (Wildman–Crippen LogP) is 3.83. The molecule has 126 valence electrons. The normalized spacial score (nSPS) is 10.3. The number of nitrogens with one attached hydrogen (secondary N) is 1. The fraction of sp³-hybridized carbons (Fsp3) is 0.100. The topological polar surface area (TPSA) is 51.2 Å². The lowest BCUT2D eigenvalue weighted by Crippen LogP contribution is -2.22. The summed E-state index contributed by atoms with van der Waals surface area (Å²) in [4.78, 5) is 16.5. The third-order valence-corrected chi connectivity index (χ3v) is 3.76. The van der Waals surface area contributed by atoms with Gasteiger partial charge in [0.2, 0.25) is 0 Å². The molecule has 0 aliphatic rings. The molecular formula is C20H17FN2O2. The zero-order chi connectivity index (χ0) is 17.6. The van der Waals surface area contributed by atoms with Crippen molar-refractivity contribution in [1.82, 2.24) is 10.3 Å². The van der Waals surface area contributed by atoms with Crippen LogP contribution in [0.5, 0.6) is 5.75 Å². The molecule has 0 spiro atoms. The van der Waals surface area contributed by atoms with E-state index in [1.54, 1.807) is 31.4 Å². The van der Waals surface area contributed by atoms with Crippen LogP contribution in [0.4, 0.5) is 4.39 Å². The average molecular weight is 336 g/mol. The van der Waals surface area contributed by atoms with Crippen LogP contribution in [-0.4, -0.2) is 18.0 Å². The van der Waals surface area contributed by atoms with E-state index in [1.807, 2.05) is 24.3 Å². The van der Waals surface area contributed by atoms with E-state index < -0.39 is 0 Å². The van der Waals surface area contributed by atoms with Gasteiger partial charge in [0.15, 0.2) is 0 Å². The van der Waals surface area contributed by atoms with Crippen LogP contribution in [0.2, 0.25) is 0 Å². The summed E-state index contributed by atoms with van der Waals surface area (Å²) in [6.07, 6.45) is 1.49. The Bertz CT molecular complexity index is 862. The lowest BCUT2D eigenvalue weighted by Gasteiger charge is -2.07. The second kappa shape index (κ2) is 7.57. The standard InChI is InChI=1S/C20H17FN2O2/c1-25-18-8-5-14(6-9-18)12-23-20(24)16-7-10-19(22-13-16)15-3-2-4-17(21)11-15/h2-11,13H,12H2,1H3,(H,23,24). The first kappa shape index (κ1) is 16.6. The molecule has 1 amide bonds. The van der Waals surface area contributed by atoms with E-state index in [0.717, 1.165) is 11.3 Å². The maximum absolute atomic E-state index is 13.3. The minimum atomic E-state index is -0.319. The Balaban J connectivity index is 1.64. The highest BCUT2D eigenvalue weighted by molar-refractivity contribution is 5.94. The second-order valence-electron chi connectivity index (χ2n) is 5.47. The van der Waals surface area contributed by atoms with Gasteiger partial charge in [-0.25, -0.2) is 4.39 Å². The van der Waals surface area contributed by atoms with Gasteiger partial charge in [0.05, 0.1) is 18.4 Å². The Labute approximate surface area is 145 Å². The summed E-state index contributed by atoms with van der Waals surface area (Å²) in [7, 11) is 1.61. The van der Waals surface area contributed by atoms with Crippen molar-refractivity contribution in [3.8, 4) is 17.0 Å². The minimum Gasteiger partial charge on any atom is -0.497 e. The summed E-state index contributed by atoms with van der Waals surface area (Å²) >= 11 is 0. The van der Waals surface area contributed by atoms with Crippen LogP contribution in [0.15, 0.2) is 66.9 Å². The quantitative estimate of drug-likeness (QED) is 0.770. The van der Waals surface area contributed by atoms with E-state index in [1.165, 1.54) is 18.3 Å². The lowest BCUT2D eigenvalue weighted by atomic mass is 10.1. The van der Waals surface area contributed by atoms with Gasteiger partial charge in [0.1, 0.15) is 11.6 Å². The third-order valence-electron chi connectivity index (χ3n) is 3.76. The number of benzene rings is 2. The maximum atomic E-state index is 13.3. The molecule has 0 unspecified atom stereocenters. The zero-order valence-corrected chi connectivity index (χ0v) is 13.7. The van der Waals surface area contributed by atoms with Crippen molar-refractivity contribution in [3.63, 3.8) is 0 Å². The van der Waals surface area contributed by atoms with Gasteiger partial charge in [-0.05, 0) is 42.0 Å². The number of amides is 1. The van der Waals surface area contributed by atoms with Crippen molar-refractivity contribution >= 4 is 5.91 Å². The molecule has 25 heavy (non-hydrogen) atoms. The van der Waals surface area contributed by atoms with Crippen LogP contribution in [-0.2, 0) is 6.54 Å². The van der Waals surface area contributed by atoms with Crippen LogP contribution < -0.4 is 10.1 Å². The van der Waals surface area contributed by atoms with Crippen LogP contribution in [0.25, 0.3) is 11.3 Å². The van der Waals surface area contributed by atoms with Crippen LogP contribution in [0.1, 0.15) is 15.9 Å². The molecular weight excluding hydrogens is 319 g/mol. The molecule has 0 saturated heterocycles. The minimum absolute atomic E-state index is 0.214. The number of hydrogen-bond donors (Lipinski definition) is 1. The molecule has 0 aliphatic heterocycles. The Kier molecular flexibility index (Phi) is 5.04. The summed E-state index contributed by atoms with van der Waals surface area (Å²) in [5.74, 6) is 0.238. The predicted molar refractivity (Wildman–Crippen MR) is 93.8 cm³/mol. The van der Waals surface area contributed by atoms with Gasteiger partial charge in [-0.3, -0.25) is 9.78 Å². The fourth-order valence-electron chi connectivity index (χ4n) is 2.37. The Morgan fingerprint density at radius 2 is 1.92 bits per heavy atom. The van der Waals surface area contributed by atoms with E-state index in [4.69, 9.17) is 4.74 Å². The summed E-state index contributed by atoms with van der Waals surface area (Å²) in [6, 6.07) is 17.0. The van der Waals surface area contributed by atoms with Crippen molar-refractivity contribution in [2.45, 2.75) is 6.54 Å². The summed E-state index contributed by atoms with van der Waals surface area (Å²) in [5, 5.41) is 2.84. The van der Waals surface area contributed by atoms with E-state index in [9.17, 15) is 9.18 Å². The highest BCUT2D eigenvalue weighted by Gasteiger charge is 2.07. The van der Waals surface area contributed by atoms with Crippen molar-refractivity contribution in [1.29, 1.82) is 0 Å². The number of pyridine rings is 1. The van der Waals surface area contributed by atoms with Crippen LogP contribution >= 0.6 is 0 Å². The van der Waals surface area contributed by atoms with Gasteiger partial charge in [-0.15, -0.1) is 0 Å². The van der Waals surface area contributed by atoms with E-state index in [2.05, 4.69) is 10.3 Å². The lowest BCUT2D eigenvalue weighted by molar-refractivity contribution is 0.0950. The van der Waals surface area contributed by atoms with Gasteiger partial charge in [0.25, 0.3) is 5.91 Å². The number of ether oxygens (including phenoxy) is 1. The summed E-state index contributed by atoms with van der Waals surface area (Å²) < 4.78 is 18.4. The molecule has 0 fully saturated rings. The SMILES string of the molecule is COc1ccc(CNC(=O)c2ccc(-c3cccc(F)c3)nc2)cc1. The highest BCUT2D eigenvalue weighted by atomic mass is 19.1. The molecule has 0 radical (unpaired) electrons. The first-order valence-corrected chi connectivity index (χ1v) is 7.79. The number of rotatable bonds is 5. The number of carbonyl (C=O) groups is 1. The van der Waals surface area contributed by atoms with Gasteiger partial charge in [0, 0.05) is 18.3 Å². The van der Waals surface area contributed by atoms with Gasteiger partial charge in [-0.2, -0.15) is 0 Å². The Morgan fingerprint density at radius 1 is 1.12 bits per heavy atom. The number of hydrogen-bond acceptors (Lipinski definition) is 3. The first-order valence-electron chi connectivity index (χ1n) is 7.79. The van der Waals surface area contributed by atoms with Crippen molar-refractivity contribution < 1.29 is 13.9 Å². The van der Waals surface area contributed by atoms with E-state index >= 15 is 0 Å². The number of carbonyl (C=O) groups excluding carboxylic acids is 1. The Morgan fingerprint density at radius 3 is 2.56 bits per heavy atom. The molecule has 2 aromatic carbocycles. The zero-order valence-electron chi connectivity index (χ0n) is 13.7. The molecule has 0 bridgehead atoms. The van der Waals surface area contributed by atoms with E-state index in [0.29, 0.717) is 23.4 Å². The molecule has 3 aromatic rings. The molecule has 4 nitrogen and oxygen atoms in total. The monoisotopic (exact) mass is 336 g/mol. The highest BCUT2D eigenvalue weighted by Crippen LogP contribution is 2.18. The molecule has 0 aliphatic carbocycles. The number of halogens is 1. The molecule has 0 atom stereocenters. The van der Waals surface area contributed by atoms with Gasteiger partial charge < -0.3 is 10.1 Å². The number of nitrogens with zero attached hydrogens (tertiary/aromatic N) is 1. The van der Waals surface area contributed by atoms with Crippen LogP contribution in [0.3, 0.4) is 0 Å². The van der Waals surface area contributed by atoms with Crippen molar-refractivity contribution in [2.75, 3.05) is 7.11 Å². The van der Waals surface area contributed by atoms with Gasteiger partial charge in [-0.1, -0.05) is 24.3 Å². The summed E-state index contributed by atoms with van der Waals surface area (Å²) in [6.45, 7) is 0.411. The number of methoxy groups -OCH3 is 1. The van der Waals surface area contributed by atoms with Crippen molar-refractivity contribution in [2.24, 2.45) is 0 Å². The van der Waals surface area contributed by atoms with Crippen molar-refractivity contribution in [3.05, 3.63) is 83.8 Å². The number of aromatic nitrogens is 1. The van der Waals surface area contributed by atoms with Gasteiger partial charge >= 0.3 is 0 Å².